The Labute approximate surface area is 137 Å². The first kappa shape index (κ1) is 14.4. The maximum Gasteiger partial charge on any atom is 0.347 e. The average Bonchev–Trinajstić information content (AvgIpc) is 3.26. The van der Waals surface area contributed by atoms with Crippen molar-refractivity contribution in [3.8, 4) is 11.5 Å². The normalized spacial score (nSPS) is 17.0. The Hall–Kier alpha value is -3.15. The van der Waals surface area contributed by atoms with Crippen LogP contribution in [0.2, 0.25) is 0 Å². The largest absolute Gasteiger partial charge is 0.463 e. The molecule has 0 spiro atoms. The van der Waals surface area contributed by atoms with E-state index < -0.39 is 18.0 Å². The van der Waals surface area contributed by atoms with Crippen LogP contribution in [0.1, 0.15) is 16.8 Å². The summed E-state index contributed by atoms with van der Waals surface area (Å²) in [5.41, 5.74) is 1.51. The number of pyridine rings is 1. The van der Waals surface area contributed by atoms with E-state index >= 15 is 0 Å². The van der Waals surface area contributed by atoms with Gasteiger partial charge in [-0.05, 0) is 24.3 Å². The number of fused-ring (bicyclic) bond motifs is 1. The van der Waals surface area contributed by atoms with Gasteiger partial charge in [0, 0.05) is 11.8 Å². The van der Waals surface area contributed by atoms with Crippen molar-refractivity contribution in [2.75, 3.05) is 6.61 Å². The summed E-state index contributed by atoms with van der Waals surface area (Å²) >= 11 is 0. The molecular weight excluding hydrogens is 310 g/mol. The lowest BCUT2D eigenvalue weighted by molar-refractivity contribution is -0.145. The lowest BCUT2D eigenvalue weighted by Gasteiger charge is -2.11. The summed E-state index contributed by atoms with van der Waals surface area (Å²) in [6.07, 6.45) is 1.06. The molecule has 3 aromatic rings. The molecule has 2 aromatic heterocycles. The van der Waals surface area contributed by atoms with Crippen molar-refractivity contribution in [3.05, 3.63) is 54.3 Å². The molecule has 1 aliphatic rings. The van der Waals surface area contributed by atoms with Crippen LogP contribution in [0.4, 0.5) is 0 Å². The second-order valence-corrected chi connectivity index (χ2v) is 5.40. The van der Waals surface area contributed by atoms with E-state index in [0.29, 0.717) is 34.3 Å². The van der Waals surface area contributed by atoms with Gasteiger partial charge in [0.25, 0.3) is 0 Å². The lowest BCUT2D eigenvalue weighted by Crippen LogP contribution is -2.22. The number of nitrogens with zero attached hydrogens (tertiary/aromatic N) is 1. The van der Waals surface area contributed by atoms with Crippen LogP contribution in [0.15, 0.2) is 53.1 Å². The van der Waals surface area contributed by atoms with Gasteiger partial charge in [0.05, 0.1) is 24.0 Å². The van der Waals surface area contributed by atoms with Crippen LogP contribution < -0.4 is 0 Å². The topological polar surface area (TPSA) is 78.6 Å². The van der Waals surface area contributed by atoms with Gasteiger partial charge in [-0.2, -0.15) is 0 Å². The van der Waals surface area contributed by atoms with Gasteiger partial charge in [-0.15, -0.1) is 0 Å². The summed E-state index contributed by atoms with van der Waals surface area (Å²) in [6.45, 7) is 0.269. The second-order valence-electron chi connectivity index (χ2n) is 5.40. The highest BCUT2D eigenvalue weighted by molar-refractivity contribution is 6.05. The first-order valence-electron chi connectivity index (χ1n) is 7.53. The predicted molar refractivity (Wildman–Crippen MR) is 84.2 cm³/mol. The van der Waals surface area contributed by atoms with Crippen molar-refractivity contribution in [1.29, 1.82) is 0 Å². The predicted octanol–water partition coefficient (Wildman–Crippen LogP) is 2.97. The standard InChI is InChI=1S/C18H13NO5/c20-17(24-16-7-9-23-18(16)21)12-10-14(15-6-3-8-22-15)19-13-5-2-1-4-11(12)13/h1-6,8,10,16H,7,9H2/t16-/m0/s1. The molecule has 4 rings (SSSR count). The number of furan rings is 1. The maximum atomic E-state index is 12.6. The number of hydrogen-bond acceptors (Lipinski definition) is 6. The Bertz CT molecular complexity index is 916. The van der Waals surface area contributed by atoms with Crippen LogP contribution in [-0.2, 0) is 14.3 Å². The number of para-hydroxylation sites is 1. The van der Waals surface area contributed by atoms with Crippen molar-refractivity contribution < 1.29 is 23.5 Å². The summed E-state index contributed by atoms with van der Waals surface area (Å²) in [7, 11) is 0. The van der Waals surface area contributed by atoms with Gasteiger partial charge in [0.15, 0.2) is 5.76 Å². The molecule has 1 saturated heterocycles. The van der Waals surface area contributed by atoms with Gasteiger partial charge >= 0.3 is 11.9 Å². The molecule has 0 saturated carbocycles. The highest BCUT2D eigenvalue weighted by Gasteiger charge is 2.31. The highest BCUT2D eigenvalue weighted by Crippen LogP contribution is 2.26. The summed E-state index contributed by atoms with van der Waals surface area (Å²) < 4.78 is 15.5. The number of aromatic nitrogens is 1. The van der Waals surface area contributed by atoms with E-state index in [1.807, 2.05) is 18.2 Å². The third kappa shape index (κ3) is 2.52. The number of esters is 2. The number of carbonyl (C=O) groups excluding carboxylic acids is 2. The van der Waals surface area contributed by atoms with Crippen molar-refractivity contribution in [2.45, 2.75) is 12.5 Å². The first-order valence-corrected chi connectivity index (χ1v) is 7.53. The molecule has 0 N–H and O–H groups in total. The first-order chi connectivity index (χ1) is 11.7. The zero-order chi connectivity index (χ0) is 16.5. The third-order valence-corrected chi connectivity index (χ3v) is 3.85. The Kier molecular flexibility index (Phi) is 3.49. The van der Waals surface area contributed by atoms with Gasteiger partial charge in [0.2, 0.25) is 6.10 Å². The fraction of sp³-hybridized carbons (Fsp3) is 0.167. The lowest BCUT2D eigenvalue weighted by atomic mass is 10.1. The van der Waals surface area contributed by atoms with Gasteiger partial charge < -0.3 is 13.9 Å². The van der Waals surface area contributed by atoms with E-state index in [0.717, 1.165) is 0 Å². The van der Waals surface area contributed by atoms with Gasteiger partial charge in [-0.25, -0.2) is 14.6 Å². The van der Waals surface area contributed by atoms with Crippen LogP contribution in [0.3, 0.4) is 0 Å². The number of cyclic esters (lactones) is 1. The summed E-state index contributed by atoms with van der Waals surface area (Å²) in [6, 6.07) is 12.4. The zero-order valence-corrected chi connectivity index (χ0v) is 12.6. The Balaban J connectivity index is 1.78. The minimum absolute atomic E-state index is 0.269. The number of ether oxygens (including phenoxy) is 2. The molecule has 0 bridgehead atoms. The molecule has 0 radical (unpaired) electrons. The van der Waals surface area contributed by atoms with Crippen LogP contribution >= 0.6 is 0 Å². The average molecular weight is 323 g/mol. The van der Waals surface area contributed by atoms with Crippen molar-refractivity contribution in [3.63, 3.8) is 0 Å². The summed E-state index contributed by atoms with van der Waals surface area (Å²) in [4.78, 5) is 28.6. The smallest absolute Gasteiger partial charge is 0.347 e. The molecule has 0 aliphatic carbocycles. The van der Waals surface area contributed by atoms with Crippen molar-refractivity contribution in [2.24, 2.45) is 0 Å². The quantitative estimate of drug-likeness (QED) is 0.690. The third-order valence-electron chi connectivity index (χ3n) is 3.85. The minimum Gasteiger partial charge on any atom is -0.463 e. The minimum atomic E-state index is -0.850. The monoisotopic (exact) mass is 323 g/mol. The molecule has 3 heterocycles. The molecule has 1 atom stereocenters. The highest BCUT2D eigenvalue weighted by atomic mass is 16.6. The van der Waals surface area contributed by atoms with Gasteiger partial charge in [0.1, 0.15) is 5.69 Å². The van der Waals surface area contributed by atoms with Crippen LogP contribution in [0, 0.1) is 0 Å². The molecule has 6 nitrogen and oxygen atoms in total. The van der Waals surface area contributed by atoms with Crippen LogP contribution in [-0.4, -0.2) is 29.6 Å². The number of hydrogen-bond donors (Lipinski definition) is 0. The maximum absolute atomic E-state index is 12.6. The molecule has 0 unspecified atom stereocenters. The summed E-state index contributed by atoms with van der Waals surface area (Å²) in [5, 5.41) is 0.657. The SMILES string of the molecule is O=C(O[C@H]1CCOC1=O)c1cc(-c2ccco2)nc2ccccc12. The van der Waals surface area contributed by atoms with E-state index in [-0.39, 0.29) is 6.61 Å². The molecule has 1 fully saturated rings. The van der Waals surface area contributed by atoms with E-state index in [1.165, 1.54) is 0 Å². The fourth-order valence-corrected chi connectivity index (χ4v) is 2.67. The van der Waals surface area contributed by atoms with Crippen molar-refractivity contribution in [1.82, 2.24) is 4.98 Å². The Morgan fingerprint density at radius 3 is 2.83 bits per heavy atom. The van der Waals surface area contributed by atoms with Crippen molar-refractivity contribution >= 4 is 22.8 Å². The van der Waals surface area contributed by atoms with Crippen LogP contribution in [0.25, 0.3) is 22.4 Å². The Morgan fingerprint density at radius 1 is 1.21 bits per heavy atom. The number of rotatable bonds is 3. The number of benzene rings is 1. The molecule has 6 heteroatoms. The van der Waals surface area contributed by atoms with E-state index in [9.17, 15) is 9.59 Å². The molecule has 120 valence electrons. The zero-order valence-electron chi connectivity index (χ0n) is 12.6. The molecule has 1 aromatic carbocycles. The summed E-state index contributed by atoms with van der Waals surface area (Å²) in [5.74, 6) is -0.534. The molecule has 24 heavy (non-hydrogen) atoms. The second kappa shape index (κ2) is 5.81. The molecular formula is C18H13NO5. The van der Waals surface area contributed by atoms with Gasteiger partial charge in [-0.3, -0.25) is 0 Å². The van der Waals surface area contributed by atoms with E-state index in [4.69, 9.17) is 13.9 Å². The van der Waals surface area contributed by atoms with Crippen LogP contribution in [0.5, 0.6) is 0 Å². The number of carbonyl (C=O) groups is 2. The van der Waals surface area contributed by atoms with Gasteiger partial charge in [-0.1, -0.05) is 18.2 Å². The van der Waals surface area contributed by atoms with E-state index in [2.05, 4.69) is 4.98 Å². The molecule has 1 aliphatic heterocycles. The van der Waals surface area contributed by atoms with E-state index in [1.54, 1.807) is 30.5 Å². The fourth-order valence-electron chi connectivity index (χ4n) is 2.67. The molecule has 0 amide bonds. The Morgan fingerprint density at radius 2 is 2.08 bits per heavy atom.